The minimum Gasteiger partial charge on any atom is -0.337 e. The molecule has 0 aliphatic heterocycles. The molecule has 0 saturated carbocycles. The second kappa shape index (κ2) is 5.54. The molecule has 3 aromatic rings. The Kier molecular flexibility index (Phi) is 3.61. The SMILES string of the molecule is Cc1nc2sccn2c1CNCCCn1ccnc1. The number of nitrogens with zero attached hydrogens (tertiary/aromatic N) is 4. The number of rotatable bonds is 6. The number of fused-ring (bicyclic) bond motifs is 1. The van der Waals surface area contributed by atoms with Crippen LogP contribution in [0.4, 0.5) is 0 Å². The van der Waals surface area contributed by atoms with Crippen LogP contribution in [-0.4, -0.2) is 25.5 Å². The molecule has 100 valence electrons. The number of hydrogen-bond acceptors (Lipinski definition) is 4. The van der Waals surface area contributed by atoms with E-state index in [4.69, 9.17) is 0 Å². The van der Waals surface area contributed by atoms with Crippen LogP contribution < -0.4 is 5.32 Å². The Labute approximate surface area is 115 Å². The van der Waals surface area contributed by atoms with Crippen LogP contribution >= 0.6 is 11.3 Å². The molecule has 0 bridgehead atoms. The predicted octanol–water partition coefficient (Wildman–Crippen LogP) is 2.08. The largest absolute Gasteiger partial charge is 0.337 e. The zero-order chi connectivity index (χ0) is 13.1. The molecule has 0 amide bonds. The summed E-state index contributed by atoms with van der Waals surface area (Å²) in [6, 6.07) is 0. The van der Waals surface area contributed by atoms with Gasteiger partial charge in [-0.2, -0.15) is 0 Å². The second-order valence-electron chi connectivity index (χ2n) is 4.53. The summed E-state index contributed by atoms with van der Waals surface area (Å²) in [7, 11) is 0. The molecule has 0 saturated heterocycles. The highest BCUT2D eigenvalue weighted by Crippen LogP contribution is 2.16. The van der Waals surface area contributed by atoms with Crippen molar-refractivity contribution in [2.45, 2.75) is 26.4 Å². The van der Waals surface area contributed by atoms with Gasteiger partial charge in [-0.1, -0.05) is 0 Å². The van der Waals surface area contributed by atoms with Crippen LogP contribution in [0.5, 0.6) is 0 Å². The molecule has 0 radical (unpaired) electrons. The summed E-state index contributed by atoms with van der Waals surface area (Å²) in [4.78, 5) is 9.65. The molecule has 5 nitrogen and oxygen atoms in total. The van der Waals surface area contributed by atoms with Gasteiger partial charge in [0.1, 0.15) is 0 Å². The van der Waals surface area contributed by atoms with Crippen molar-refractivity contribution in [3.05, 3.63) is 41.7 Å². The van der Waals surface area contributed by atoms with E-state index in [2.05, 4.69) is 42.8 Å². The molecule has 0 atom stereocenters. The van der Waals surface area contributed by atoms with Crippen LogP contribution in [-0.2, 0) is 13.1 Å². The molecule has 19 heavy (non-hydrogen) atoms. The fourth-order valence-corrected chi connectivity index (χ4v) is 2.94. The smallest absolute Gasteiger partial charge is 0.194 e. The van der Waals surface area contributed by atoms with Crippen LogP contribution in [0.1, 0.15) is 17.8 Å². The Morgan fingerprint density at radius 3 is 3.16 bits per heavy atom. The zero-order valence-corrected chi connectivity index (χ0v) is 11.7. The van der Waals surface area contributed by atoms with Crippen LogP contribution in [0.25, 0.3) is 4.96 Å². The molecule has 0 aromatic carbocycles. The molecule has 1 N–H and O–H groups in total. The summed E-state index contributed by atoms with van der Waals surface area (Å²) in [6.07, 6.45) is 8.85. The van der Waals surface area contributed by atoms with Crippen molar-refractivity contribution in [1.82, 2.24) is 24.3 Å². The minimum atomic E-state index is 0.869. The van der Waals surface area contributed by atoms with E-state index in [1.54, 1.807) is 11.3 Å². The Bertz CT molecular complexity index is 637. The third kappa shape index (κ3) is 2.69. The van der Waals surface area contributed by atoms with Crippen molar-refractivity contribution >= 4 is 16.3 Å². The highest BCUT2D eigenvalue weighted by atomic mass is 32.1. The maximum atomic E-state index is 4.54. The van der Waals surface area contributed by atoms with Gasteiger partial charge in [0.25, 0.3) is 0 Å². The van der Waals surface area contributed by atoms with E-state index < -0.39 is 0 Å². The van der Waals surface area contributed by atoms with Gasteiger partial charge in [-0.25, -0.2) is 9.97 Å². The van der Waals surface area contributed by atoms with Gasteiger partial charge in [0.15, 0.2) is 4.96 Å². The Balaban J connectivity index is 1.49. The highest BCUT2D eigenvalue weighted by Gasteiger charge is 2.08. The topological polar surface area (TPSA) is 47.1 Å². The fourth-order valence-electron chi connectivity index (χ4n) is 2.17. The Hall–Kier alpha value is -1.66. The quantitative estimate of drug-likeness (QED) is 0.701. The highest BCUT2D eigenvalue weighted by molar-refractivity contribution is 7.15. The molecule has 0 spiro atoms. The standard InChI is InChI=1S/C13H17N5S/c1-11-12(18-7-8-19-13(18)16-11)9-14-3-2-5-17-6-4-15-10-17/h4,6-8,10,14H,2-3,5,9H2,1H3. The van der Waals surface area contributed by atoms with Gasteiger partial charge in [-0.05, 0) is 19.9 Å². The van der Waals surface area contributed by atoms with Crippen molar-refractivity contribution < 1.29 is 0 Å². The number of hydrogen-bond donors (Lipinski definition) is 1. The maximum Gasteiger partial charge on any atom is 0.194 e. The summed E-state index contributed by atoms with van der Waals surface area (Å²) in [5.74, 6) is 0. The molecule has 0 aliphatic carbocycles. The van der Waals surface area contributed by atoms with E-state index in [1.807, 2.05) is 18.7 Å². The van der Waals surface area contributed by atoms with Gasteiger partial charge in [-0.3, -0.25) is 4.40 Å². The summed E-state index contributed by atoms with van der Waals surface area (Å²) in [6.45, 7) is 4.94. The molecular weight excluding hydrogens is 258 g/mol. The number of aryl methyl sites for hydroxylation is 2. The molecule has 3 aromatic heterocycles. The first-order valence-corrected chi connectivity index (χ1v) is 7.30. The van der Waals surface area contributed by atoms with E-state index in [0.717, 1.165) is 36.7 Å². The van der Waals surface area contributed by atoms with E-state index in [-0.39, 0.29) is 0 Å². The number of nitrogens with one attached hydrogen (secondary N) is 1. The lowest BCUT2D eigenvalue weighted by atomic mass is 10.3. The number of thiazole rings is 1. The summed E-state index contributed by atoms with van der Waals surface area (Å²) < 4.78 is 4.27. The Morgan fingerprint density at radius 2 is 2.32 bits per heavy atom. The predicted molar refractivity (Wildman–Crippen MR) is 76.4 cm³/mol. The first-order chi connectivity index (χ1) is 9.34. The lowest BCUT2D eigenvalue weighted by Gasteiger charge is -2.05. The second-order valence-corrected chi connectivity index (χ2v) is 5.40. The van der Waals surface area contributed by atoms with Crippen molar-refractivity contribution in [1.29, 1.82) is 0 Å². The van der Waals surface area contributed by atoms with Crippen molar-refractivity contribution in [3.63, 3.8) is 0 Å². The van der Waals surface area contributed by atoms with Gasteiger partial charge in [0.05, 0.1) is 17.7 Å². The van der Waals surface area contributed by atoms with Crippen LogP contribution in [0, 0.1) is 6.92 Å². The fraction of sp³-hybridized carbons (Fsp3) is 0.385. The van der Waals surface area contributed by atoms with Gasteiger partial charge >= 0.3 is 0 Å². The molecular formula is C13H17N5S. The average molecular weight is 275 g/mol. The van der Waals surface area contributed by atoms with E-state index in [9.17, 15) is 0 Å². The maximum absolute atomic E-state index is 4.54. The van der Waals surface area contributed by atoms with Gasteiger partial charge in [-0.15, -0.1) is 11.3 Å². The van der Waals surface area contributed by atoms with E-state index >= 15 is 0 Å². The normalized spacial score (nSPS) is 11.4. The van der Waals surface area contributed by atoms with Gasteiger partial charge in [0.2, 0.25) is 0 Å². The molecule has 0 unspecified atom stereocenters. The minimum absolute atomic E-state index is 0.869. The molecule has 6 heteroatoms. The first kappa shape index (κ1) is 12.4. The molecule has 0 fully saturated rings. The lowest BCUT2D eigenvalue weighted by molar-refractivity contribution is 0.575. The molecule has 0 aliphatic rings. The number of imidazole rings is 2. The summed E-state index contributed by atoms with van der Waals surface area (Å²) >= 11 is 1.68. The monoisotopic (exact) mass is 275 g/mol. The number of aromatic nitrogens is 4. The van der Waals surface area contributed by atoms with Crippen LogP contribution in [0.15, 0.2) is 30.3 Å². The van der Waals surface area contributed by atoms with Crippen molar-refractivity contribution in [2.24, 2.45) is 0 Å². The van der Waals surface area contributed by atoms with Crippen molar-refractivity contribution in [3.8, 4) is 0 Å². The summed E-state index contributed by atoms with van der Waals surface area (Å²) in [5, 5.41) is 5.56. The third-order valence-corrected chi connectivity index (χ3v) is 3.94. The van der Waals surface area contributed by atoms with Crippen LogP contribution in [0.2, 0.25) is 0 Å². The van der Waals surface area contributed by atoms with Gasteiger partial charge < -0.3 is 9.88 Å². The van der Waals surface area contributed by atoms with Crippen LogP contribution in [0.3, 0.4) is 0 Å². The Morgan fingerprint density at radius 1 is 1.37 bits per heavy atom. The van der Waals surface area contributed by atoms with Crippen molar-refractivity contribution in [2.75, 3.05) is 6.54 Å². The lowest BCUT2D eigenvalue weighted by Crippen LogP contribution is -2.17. The molecule has 3 rings (SSSR count). The summed E-state index contributed by atoms with van der Waals surface area (Å²) in [5.41, 5.74) is 2.38. The van der Waals surface area contributed by atoms with Gasteiger partial charge in [0, 0.05) is 37.1 Å². The zero-order valence-electron chi connectivity index (χ0n) is 10.9. The third-order valence-electron chi connectivity index (χ3n) is 3.18. The van der Waals surface area contributed by atoms with E-state index in [1.165, 1.54) is 5.69 Å². The first-order valence-electron chi connectivity index (χ1n) is 6.42. The van der Waals surface area contributed by atoms with E-state index in [0.29, 0.717) is 0 Å². The molecule has 3 heterocycles. The average Bonchev–Trinajstić information content (AvgIpc) is 3.08.